The molecule has 0 atom stereocenters. The van der Waals surface area contributed by atoms with Crippen molar-refractivity contribution in [3.8, 4) is 11.3 Å². The topological polar surface area (TPSA) is 60.7 Å². The Morgan fingerprint density at radius 3 is 2.55 bits per heavy atom. The van der Waals surface area contributed by atoms with Crippen molar-refractivity contribution in [1.82, 2.24) is 9.38 Å². The number of hydrogen-bond donors (Lipinski definition) is 0. The highest BCUT2D eigenvalue weighted by molar-refractivity contribution is 6.30. The van der Waals surface area contributed by atoms with E-state index in [1.165, 1.54) is 0 Å². The highest BCUT2D eigenvalue weighted by atomic mass is 35.5. The number of rotatable bonds is 5. The molecule has 0 N–H and O–H groups in total. The lowest BCUT2D eigenvalue weighted by Gasteiger charge is -2.06. The molecule has 29 heavy (non-hydrogen) atoms. The summed E-state index contributed by atoms with van der Waals surface area (Å²) >= 11 is 6.10. The first-order valence-corrected chi connectivity index (χ1v) is 9.50. The summed E-state index contributed by atoms with van der Waals surface area (Å²) in [6, 6.07) is 19.5. The minimum absolute atomic E-state index is 0.201. The second-order valence-corrected chi connectivity index (χ2v) is 6.84. The lowest BCUT2D eigenvalue weighted by Crippen LogP contribution is -2.05. The molecule has 0 unspecified atom stereocenters. The third-order valence-electron chi connectivity index (χ3n) is 4.55. The van der Waals surface area contributed by atoms with Gasteiger partial charge in [-0.2, -0.15) is 0 Å². The normalized spacial score (nSPS) is 10.8. The Kier molecular flexibility index (Phi) is 5.14. The van der Waals surface area contributed by atoms with Crippen molar-refractivity contribution in [2.45, 2.75) is 6.92 Å². The third-order valence-corrected chi connectivity index (χ3v) is 4.78. The summed E-state index contributed by atoms with van der Waals surface area (Å²) in [5.41, 5.74) is 3.19. The number of nitrogens with zero attached hydrogens (tertiary/aromatic N) is 2. The smallest absolute Gasteiger partial charge is 0.340 e. The molecule has 0 spiro atoms. The predicted octanol–water partition coefficient (Wildman–Crippen LogP) is 5.06. The molecule has 144 valence electrons. The molecule has 0 radical (unpaired) electrons. The van der Waals surface area contributed by atoms with Crippen LogP contribution >= 0.6 is 11.6 Å². The largest absolute Gasteiger partial charge is 0.462 e. The Bertz CT molecular complexity index is 1220. The van der Waals surface area contributed by atoms with E-state index in [2.05, 4.69) is 4.98 Å². The number of benzene rings is 2. The van der Waals surface area contributed by atoms with Crippen molar-refractivity contribution < 1.29 is 14.3 Å². The van der Waals surface area contributed by atoms with Crippen LogP contribution in [0.5, 0.6) is 0 Å². The Morgan fingerprint density at radius 1 is 1.03 bits per heavy atom. The van der Waals surface area contributed by atoms with Crippen LogP contribution in [-0.4, -0.2) is 27.7 Å². The monoisotopic (exact) mass is 404 g/mol. The van der Waals surface area contributed by atoms with Gasteiger partial charge in [0.25, 0.3) is 0 Å². The van der Waals surface area contributed by atoms with Crippen LogP contribution in [0.2, 0.25) is 5.02 Å². The van der Waals surface area contributed by atoms with Gasteiger partial charge in [0.2, 0.25) is 5.78 Å². The van der Waals surface area contributed by atoms with E-state index < -0.39 is 5.97 Å². The molecule has 5 nitrogen and oxygen atoms in total. The zero-order chi connectivity index (χ0) is 20.4. The first-order chi connectivity index (χ1) is 14.1. The summed E-state index contributed by atoms with van der Waals surface area (Å²) < 4.78 is 6.82. The number of ether oxygens (including phenoxy) is 1. The number of carbonyl (C=O) groups is 2. The van der Waals surface area contributed by atoms with Gasteiger partial charge in [-0.25, -0.2) is 9.78 Å². The summed E-state index contributed by atoms with van der Waals surface area (Å²) in [6.07, 6.45) is 1.55. The van der Waals surface area contributed by atoms with Gasteiger partial charge in [-0.1, -0.05) is 54.1 Å². The fourth-order valence-corrected chi connectivity index (χ4v) is 3.38. The van der Waals surface area contributed by atoms with E-state index in [1.54, 1.807) is 66.2 Å². The second-order valence-electron chi connectivity index (χ2n) is 6.40. The molecule has 0 aliphatic heterocycles. The van der Waals surface area contributed by atoms with Crippen molar-refractivity contribution in [2.24, 2.45) is 0 Å². The van der Waals surface area contributed by atoms with Crippen LogP contribution < -0.4 is 0 Å². The van der Waals surface area contributed by atoms with Gasteiger partial charge in [0, 0.05) is 16.1 Å². The SMILES string of the molecule is CCOC(=O)c1cc(C(=O)c2ccccc2)n2cnc(-c3cccc(Cl)c3)cc12. The molecule has 0 bridgehead atoms. The Labute approximate surface area is 172 Å². The number of halogens is 1. The van der Waals surface area contributed by atoms with E-state index in [9.17, 15) is 9.59 Å². The average Bonchev–Trinajstić information content (AvgIpc) is 3.13. The molecule has 2 aromatic carbocycles. The molecule has 2 heterocycles. The van der Waals surface area contributed by atoms with E-state index in [-0.39, 0.29) is 12.4 Å². The molecular weight excluding hydrogens is 388 g/mol. The Balaban J connectivity index is 1.90. The third kappa shape index (κ3) is 3.65. The Hall–Kier alpha value is -3.44. The number of carbonyl (C=O) groups excluding carboxylic acids is 2. The van der Waals surface area contributed by atoms with Crippen LogP contribution in [0.3, 0.4) is 0 Å². The average molecular weight is 405 g/mol. The highest BCUT2D eigenvalue weighted by Gasteiger charge is 2.22. The summed E-state index contributed by atoms with van der Waals surface area (Å²) in [5.74, 6) is -0.686. The zero-order valence-corrected chi connectivity index (χ0v) is 16.4. The lowest BCUT2D eigenvalue weighted by atomic mass is 10.1. The van der Waals surface area contributed by atoms with Crippen LogP contribution in [0.1, 0.15) is 33.3 Å². The van der Waals surface area contributed by atoms with E-state index in [1.807, 2.05) is 18.2 Å². The number of esters is 1. The molecule has 6 heteroatoms. The lowest BCUT2D eigenvalue weighted by molar-refractivity contribution is 0.0529. The maximum Gasteiger partial charge on any atom is 0.340 e. The maximum atomic E-state index is 13.0. The van der Waals surface area contributed by atoms with Crippen molar-refractivity contribution in [1.29, 1.82) is 0 Å². The first-order valence-electron chi connectivity index (χ1n) is 9.12. The van der Waals surface area contributed by atoms with E-state index in [0.29, 0.717) is 33.1 Å². The van der Waals surface area contributed by atoms with E-state index in [0.717, 1.165) is 5.56 Å². The summed E-state index contributed by atoms with van der Waals surface area (Å²) in [6.45, 7) is 1.98. The fraction of sp³-hybridized carbons (Fsp3) is 0.0870. The maximum absolute atomic E-state index is 13.0. The van der Waals surface area contributed by atoms with Gasteiger partial charge < -0.3 is 4.74 Å². The molecule has 4 aromatic rings. The van der Waals surface area contributed by atoms with Gasteiger partial charge in [-0.15, -0.1) is 0 Å². The van der Waals surface area contributed by atoms with Crippen LogP contribution in [0, 0.1) is 0 Å². The number of aromatic nitrogens is 2. The molecule has 2 aromatic heterocycles. The zero-order valence-electron chi connectivity index (χ0n) is 15.6. The molecule has 4 rings (SSSR count). The van der Waals surface area contributed by atoms with E-state index >= 15 is 0 Å². The highest BCUT2D eigenvalue weighted by Crippen LogP contribution is 2.26. The van der Waals surface area contributed by atoms with Crippen molar-refractivity contribution in [2.75, 3.05) is 6.61 Å². The van der Waals surface area contributed by atoms with Gasteiger partial charge in [-0.05, 0) is 31.2 Å². The summed E-state index contributed by atoms with van der Waals surface area (Å²) in [5, 5.41) is 0.588. The quantitative estimate of drug-likeness (QED) is 0.344. The minimum atomic E-state index is -0.486. The molecule has 0 aliphatic carbocycles. The summed E-state index contributed by atoms with van der Waals surface area (Å²) in [7, 11) is 0. The Morgan fingerprint density at radius 2 is 1.83 bits per heavy atom. The van der Waals surface area contributed by atoms with Crippen molar-refractivity contribution in [3.63, 3.8) is 0 Å². The second kappa shape index (κ2) is 7.89. The van der Waals surface area contributed by atoms with Crippen LogP contribution in [0.25, 0.3) is 16.8 Å². The first kappa shape index (κ1) is 18.9. The van der Waals surface area contributed by atoms with Crippen molar-refractivity contribution >= 4 is 28.9 Å². The van der Waals surface area contributed by atoms with Crippen LogP contribution in [-0.2, 0) is 4.74 Å². The van der Waals surface area contributed by atoms with Gasteiger partial charge in [0.1, 0.15) is 6.33 Å². The molecular formula is C23H17ClN2O3. The number of ketones is 1. The van der Waals surface area contributed by atoms with Crippen LogP contribution in [0.4, 0.5) is 0 Å². The standard InChI is InChI=1S/C23H17ClN2O3/c1-2-29-23(28)18-12-21(22(27)15-7-4-3-5-8-15)26-14-25-19(13-20(18)26)16-9-6-10-17(24)11-16/h3-14H,2H2,1H3. The molecule has 0 aliphatic rings. The number of hydrogen-bond acceptors (Lipinski definition) is 4. The van der Waals surface area contributed by atoms with Gasteiger partial charge >= 0.3 is 5.97 Å². The fourth-order valence-electron chi connectivity index (χ4n) is 3.19. The van der Waals surface area contributed by atoms with Crippen LogP contribution in [0.15, 0.2) is 73.1 Å². The molecule has 0 fully saturated rings. The van der Waals surface area contributed by atoms with Crippen molar-refractivity contribution in [3.05, 3.63) is 94.9 Å². The summed E-state index contributed by atoms with van der Waals surface area (Å²) in [4.78, 5) is 30.1. The van der Waals surface area contributed by atoms with Gasteiger partial charge in [-0.3, -0.25) is 9.20 Å². The number of fused-ring (bicyclic) bond motifs is 1. The van der Waals surface area contributed by atoms with E-state index in [4.69, 9.17) is 16.3 Å². The van der Waals surface area contributed by atoms with Gasteiger partial charge in [0.05, 0.1) is 29.1 Å². The molecule has 0 saturated heterocycles. The molecule has 0 amide bonds. The predicted molar refractivity (Wildman–Crippen MR) is 111 cm³/mol. The minimum Gasteiger partial charge on any atom is -0.462 e. The van der Waals surface area contributed by atoms with Gasteiger partial charge in [0.15, 0.2) is 0 Å². The molecule has 0 saturated carbocycles.